The molecule has 3 rings (SSSR count). The van der Waals surface area contributed by atoms with E-state index < -0.39 is 0 Å². The van der Waals surface area contributed by atoms with Crippen LogP contribution in [0.1, 0.15) is 30.4 Å². The van der Waals surface area contributed by atoms with Crippen molar-refractivity contribution in [3.63, 3.8) is 0 Å². The first-order chi connectivity index (χ1) is 9.59. The van der Waals surface area contributed by atoms with E-state index in [0.717, 1.165) is 22.8 Å². The molecular formula is C16H19NO2S. The third-order valence-corrected chi connectivity index (χ3v) is 4.36. The Morgan fingerprint density at radius 2 is 2.20 bits per heavy atom. The van der Waals surface area contributed by atoms with Gasteiger partial charge < -0.3 is 15.2 Å². The summed E-state index contributed by atoms with van der Waals surface area (Å²) in [5, 5.41) is 2.04. The SMILES string of the molecule is CC1(C)Cc2cccc(OC(CN)c3cccs3)c2O1. The van der Waals surface area contributed by atoms with E-state index in [4.69, 9.17) is 15.2 Å². The van der Waals surface area contributed by atoms with Gasteiger partial charge in [0.05, 0.1) is 0 Å². The molecule has 20 heavy (non-hydrogen) atoms. The van der Waals surface area contributed by atoms with E-state index in [9.17, 15) is 0 Å². The average Bonchev–Trinajstić information content (AvgIpc) is 3.01. The number of benzene rings is 1. The van der Waals surface area contributed by atoms with Crippen molar-refractivity contribution >= 4 is 11.3 Å². The fourth-order valence-electron chi connectivity index (χ4n) is 2.53. The number of hydrogen-bond donors (Lipinski definition) is 1. The second kappa shape index (κ2) is 5.11. The minimum Gasteiger partial charge on any atom is -0.483 e. The van der Waals surface area contributed by atoms with Crippen LogP contribution in [0.15, 0.2) is 35.7 Å². The first kappa shape index (κ1) is 13.5. The van der Waals surface area contributed by atoms with Gasteiger partial charge in [0.2, 0.25) is 0 Å². The number of fused-ring (bicyclic) bond motifs is 1. The van der Waals surface area contributed by atoms with E-state index in [1.54, 1.807) is 11.3 Å². The molecule has 4 heteroatoms. The zero-order valence-electron chi connectivity index (χ0n) is 11.8. The van der Waals surface area contributed by atoms with Crippen molar-refractivity contribution in [2.75, 3.05) is 6.54 Å². The first-order valence-electron chi connectivity index (χ1n) is 6.80. The van der Waals surface area contributed by atoms with Gasteiger partial charge in [-0.15, -0.1) is 11.3 Å². The molecule has 2 N–H and O–H groups in total. The predicted molar refractivity (Wildman–Crippen MR) is 81.6 cm³/mol. The molecule has 106 valence electrons. The van der Waals surface area contributed by atoms with Crippen molar-refractivity contribution in [3.05, 3.63) is 46.2 Å². The standard InChI is InChI=1S/C16H19NO2S/c1-16(2)9-11-5-3-6-12(15(11)19-16)18-13(10-17)14-7-4-8-20-14/h3-8,13H,9-10,17H2,1-2H3. The number of para-hydroxylation sites is 1. The normalized spacial score (nSPS) is 17.4. The number of ether oxygens (including phenoxy) is 2. The van der Waals surface area contributed by atoms with Gasteiger partial charge in [0, 0.05) is 23.4 Å². The summed E-state index contributed by atoms with van der Waals surface area (Å²) >= 11 is 1.66. The number of rotatable bonds is 4. The highest BCUT2D eigenvalue weighted by Crippen LogP contribution is 2.43. The molecule has 0 saturated heterocycles. The molecule has 2 heterocycles. The van der Waals surface area contributed by atoms with Crippen LogP contribution in [0.2, 0.25) is 0 Å². The summed E-state index contributed by atoms with van der Waals surface area (Å²) < 4.78 is 12.1. The van der Waals surface area contributed by atoms with Crippen LogP contribution in [-0.4, -0.2) is 12.1 Å². The van der Waals surface area contributed by atoms with Gasteiger partial charge in [-0.25, -0.2) is 0 Å². The highest BCUT2D eigenvalue weighted by atomic mass is 32.1. The first-order valence-corrected chi connectivity index (χ1v) is 7.68. The topological polar surface area (TPSA) is 44.5 Å². The minimum absolute atomic E-state index is 0.117. The zero-order chi connectivity index (χ0) is 14.2. The highest BCUT2D eigenvalue weighted by molar-refractivity contribution is 7.10. The van der Waals surface area contributed by atoms with Crippen molar-refractivity contribution in [2.45, 2.75) is 32.0 Å². The van der Waals surface area contributed by atoms with Crippen molar-refractivity contribution in [3.8, 4) is 11.5 Å². The number of hydrogen-bond acceptors (Lipinski definition) is 4. The summed E-state index contributed by atoms with van der Waals surface area (Å²) in [7, 11) is 0. The Balaban J connectivity index is 1.88. The molecule has 3 nitrogen and oxygen atoms in total. The van der Waals surface area contributed by atoms with E-state index in [-0.39, 0.29) is 11.7 Å². The largest absolute Gasteiger partial charge is 0.483 e. The lowest BCUT2D eigenvalue weighted by Crippen LogP contribution is -2.25. The maximum Gasteiger partial charge on any atom is 0.165 e. The zero-order valence-corrected chi connectivity index (χ0v) is 12.6. The van der Waals surface area contributed by atoms with Crippen LogP contribution >= 0.6 is 11.3 Å². The monoisotopic (exact) mass is 289 g/mol. The van der Waals surface area contributed by atoms with E-state index >= 15 is 0 Å². The lowest BCUT2D eigenvalue weighted by molar-refractivity contribution is 0.126. The Morgan fingerprint density at radius 1 is 1.35 bits per heavy atom. The van der Waals surface area contributed by atoms with Gasteiger partial charge in [-0.3, -0.25) is 0 Å². The van der Waals surface area contributed by atoms with E-state index in [1.165, 1.54) is 5.56 Å². The Bertz CT molecular complexity index is 593. The van der Waals surface area contributed by atoms with Crippen LogP contribution in [0.3, 0.4) is 0 Å². The quantitative estimate of drug-likeness (QED) is 0.936. The summed E-state index contributed by atoms with van der Waals surface area (Å²) in [4.78, 5) is 1.14. The van der Waals surface area contributed by atoms with Crippen molar-refractivity contribution in [2.24, 2.45) is 5.73 Å². The number of nitrogens with two attached hydrogens (primary N) is 1. The van der Waals surface area contributed by atoms with Crippen LogP contribution in [-0.2, 0) is 6.42 Å². The van der Waals surface area contributed by atoms with Gasteiger partial charge in [-0.05, 0) is 31.4 Å². The van der Waals surface area contributed by atoms with Crippen molar-refractivity contribution in [1.29, 1.82) is 0 Å². The fraction of sp³-hybridized carbons (Fsp3) is 0.375. The second-order valence-electron chi connectivity index (χ2n) is 5.64. The lowest BCUT2D eigenvalue weighted by atomic mass is 10.0. The molecule has 0 amide bonds. The molecular weight excluding hydrogens is 270 g/mol. The number of thiophene rings is 1. The van der Waals surface area contributed by atoms with E-state index in [2.05, 4.69) is 26.0 Å². The fourth-order valence-corrected chi connectivity index (χ4v) is 3.30. The highest BCUT2D eigenvalue weighted by Gasteiger charge is 2.32. The van der Waals surface area contributed by atoms with Crippen LogP contribution in [0.5, 0.6) is 11.5 Å². The Hall–Kier alpha value is -1.52. The molecule has 0 radical (unpaired) electrons. The minimum atomic E-state index is -0.164. The molecule has 2 aromatic rings. The van der Waals surface area contributed by atoms with Crippen molar-refractivity contribution < 1.29 is 9.47 Å². The van der Waals surface area contributed by atoms with Gasteiger partial charge in [0.1, 0.15) is 11.7 Å². The van der Waals surface area contributed by atoms with Gasteiger partial charge in [-0.2, -0.15) is 0 Å². The van der Waals surface area contributed by atoms with Crippen LogP contribution in [0.4, 0.5) is 0 Å². The molecule has 0 spiro atoms. The summed E-state index contributed by atoms with van der Waals surface area (Å²) in [6.45, 7) is 4.64. The summed E-state index contributed by atoms with van der Waals surface area (Å²) in [5.41, 5.74) is 6.89. The maximum absolute atomic E-state index is 6.10. The van der Waals surface area contributed by atoms with Crippen LogP contribution in [0.25, 0.3) is 0 Å². The predicted octanol–water partition coefficient (Wildman–Crippen LogP) is 3.54. The Kier molecular flexibility index (Phi) is 3.44. The lowest BCUT2D eigenvalue weighted by Gasteiger charge is -2.20. The maximum atomic E-state index is 6.10. The van der Waals surface area contributed by atoms with Gasteiger partial charge in [0.25, 0.3) is 0 Å². The molecule has 1 unspecified atom stereocenters. The van der Waals surface area contributed by atoms with E-state index in [0.29, 0.717) is 6.54 Å². The molecule has 1 atom stereocenters. The molecule has 1 aliphatic heterocycles. The molecule has 1 aromatic heterocycles. The van der Waals surface area contributed by atoms with E-state index in [1.807, 2.05) is 23.6 Å². The summed E-state index contributed by atoms with van der Waals surface area (Å²) in [6, 6.07) is 10.1. The van der Waals surface area contributed by atoms with Crippen LogP contribution in [0, 0.1) is 0 Å². The Labute approximate surface area is 123 Å². The third kappa shape index (κ3) is 2.53. The molecule has 0 fully saturated rings. The molecule has 1 aromatic carbocycles. The smallest absolute Gasteiger partial charge is 0.165 e. The molecule has 1 aliphatic rings. The van der Waals surface area contributed by atoms with Crippen molar-refractivity contribution in [1.82, 2.24) is 0 Å². The second-order valence-corrected chi connectivity index (χ2v) is 6.62. The van der Waals surface area contributed by atoms with Gasteiger partial charge >= 0.3 is 0 Å². The Morgan fingerprint density at radius 3 is 2.90 bits per heavy atom. The van der Waals surface area contributed by atoms with Crippen LogP contribution < -0.4 is 15.2 Å². The van der Waals surface area contributed by atoms with Gasteiger partial charge in [0.15, 0.2) is 11.5 Å². The summed E-state index contributed by atoms with van der Waals surface area (Å²) in [6.07, 6.45) is 0.792. The average molecular weight is 289 g/mol. The molecule has 0 bridgehead atoms. The third-order valence-electron chi connectivity index (χ3n) is 3.40. The molecule has 0 aliphatic carbocycles. The van der Waals surface area contributed by atoms with Gasteiger partial charge in [-0.1, -0.05) is 18.2 Å². The summed E-state index contributed by atoms with van der Waals surface area (Å²) in [5.74, 6) is 1.66. The molecule has 0 saturated carbocycles.